The Kier molecular flexibility index (Phi) is 7.50. The van der Waals surface area contributed by atoms with E-state index >= 15 is 0 Å². The molecule has 2 aromatic carbocycles. The third kappa shape index (κ3) is 5.50. The molecule has 1 N–H and O–H groups in total. The summed E-state index contributed by atoms with van der Waals surface area (Å²) < 4.78 is 14.4. The molecule has 8 heteroatoms. The first-order valence-electron chi connectivity index (χ1n) is 14.1. The number of hydrogen-bond donors (Lipinski definition) is 1. The number of fused-ring (bicyclic) bond motifs is 3. The molecule has 212 valence electrons. The van der Waals surface area contributed by atoms with Crippen LogP contribution >= 0.6 is 0 Å². The quantitative estimate of drug-likeness (QED) is 0.226. The van der Waals surface area contributed by atoms with E-state index in [9.17, 15) is 9.90 Å². The van der Waals surface area contributed by atoms with Crippen LogP contribution in [-0.4, -0.2) is 47.3 Å². The van der Waals surface area contributed by atoms with Crippen LogP contribution in [0.2, 0.25) is 18.1 Å². The highest BCUT2D eigenvalue weighted by Crippen LogP contribution is 2.39. The van der Waals surface area contributed by atoms with E-state index in [2.05, 4.69) is 44.9 Å². The van der Waals surface area contributed by atoms with Gasteiger partial charge in [-0.2, -0.15) is 0 Å². The van der Waals surface area contributed by atoms with Crippen LogP contribution in [-0.2, 0) is 21.2 Å². The van der Waals surface area contributed by atoms with Gasteiger partial charge in [-0.1, -0.05) is 51.1 Å². The highest BCUT2D eigenvalue weighted by molar-refractivity contribution is 6.74. The Labute approximate surface area is 237 Å². The summed E-state index contributed by atoms with van der Waals surface area (Å²) in [4.78, 5) is 23.5. The monoisotopic (exact) mass is 559 g/mol. The van der Waals surface area contributed by atoms with Crippen molar-refractivity contribution in [2.45, 2.75) is 83.3 Å². The topological polar surface area (TPSA) is 86.5 Å². The molecule has 5 rings (SSSR count). The Bertz CT molecular complexity index is 1580. The van der Waals surface area contributed by atoms with Gasteiger partial charge in [0.1, 0.15) is 5.60 Å². The number of hydrogen-bond acceptors (Lipinski definition) is 6. The van der Waals surface area contributed by atoms with Gasteiger partial charge >= 0.3 is 0 Å². The Balaban J connectivity index is 1.58. The number of nitrogens with zero attached hydrogens (tertiary/aromatic N) is 3. The molecule has 4 aromatic rings. The number of pyridine rings is 1. The molecule has 3 heterocycles. The van der Waals surface area contributed by atoms with E-state index < -0.39 is 13.9 Å². The molecule has 7 nitrogen and oxygen atoms in total. The van der Waals surface area contributed by atoms with Crippen LogP contribution in [0.1, 0.15) is 63.9 Å². The normalized spacial score (nSPS) is 18.9. The van der Waals surface area contributed by atoms with Gasteiger partial charge in [-0.3, -0.25) is 14.3 Å². The first-order valence-corrected chi connectivity index (χ1v) is 17.0. The van der Waals surface area contributed by atoms with Gasteiger partial charge in [-0.25, -0.2) is 4.98 Å². The minimum Gasteiger partial charge on any atom is -0.409 e. The van der Waals surface area contributed by atoms with E-state index in [0.717, 1.165) is 21.9 Å². The van der Waals surface area contributed by atoms with Crippen LogP contribution < -0.4 is 5.56 Å². The highest BCUT2D eigenvalue weighted by atomic mass is 28.4. The Morgan fingerprint density at radius 3 is 2.42 bits per heavy atom. The lowest BCUT2D eigenvalue weighted by Crippen LogP contribution is -2.50. The molecule has 0 aliphatic carbocycles. The average molecular weight is 560 g/mol. The van der Waals surface area contributed by atoms with Crippen LogP contribution in [0, 0.1) is 0 Å². The van der Waals surface area contributed by atoms with Crippen LogP contribution in [0.4, 0.5) is 0 Å². The van der Waals surface area contributed by atoms with Gasteiger partial charge in [-0.05, 0) is 73.5 Å². The zero-order valence-corrected chi connectivity index (χ0v) is 25.7. The second-order valence-corrected chi connectivity index (χ2v) is 17.8. The van der Waals surface area contributed by atoms with Gasteiger partial charge in [0.05, 0.1) is 41.7 Å². The molecule has 0 unspecified atom stereocenters. The second-order valence-electron chi connectivity index (χ2n) is 13.1. The molecule has 2 aromatic heterocycles. The summed E-state index contributed by atoms with van der Waals surface area (Å²) in [7, 11) is -2.08. The zero-order chi connectivity index (χ0) is 28.9. The Morgan fingerprint density at radius 2 is 1.77 bits per heavy atom. The van der Waals surface area contributed by atoms with Crippen molar-refractivity contribution < 1.29 is 14.3 Å². The van der Waals surface area contributed by atoms with Gasteiger partial charge in [0.15, 0.2) is 8.32 Å². The predicted octanol–water partition coefficient (Wildman–Crippen LogP) is 6.11. The van der Waals surface area contributed by atoms with Crippen molar-refractivity contribution >= 4 is 30.0 Å². The number of ether oxygens (including phenoxy) is 1. The van der Waals surface area contributed by atoms with Gasteiger partial charge in [0, 0.05) is 18.2 Å². The molecule has 0 bridgehead atoms. The molecule has 1 aliphatic rings. The summed E-state index contributed by atoms with van der Waals surface area (Å²) >= 11 is 0. The lowest BCUT2D eigenvalue weighted by molar-refractivity contribution is -0.0327. The van der Waals surface area contributed by atoms with E-state index in [1.54, 1.807) is 30.9 Å². The molecule has 2 atom stereocenters. The number of benzene rings is 2. The third-order valence-corrected chi connectivity index (χ3v) is 13.1. The summed E-state index contributed by atoms with van der Waals surface area (Å²) in [5.41, 5.74) is 2.33. The van der Waals surface area contributed by atoms with Crippen LogP contribution in [0.15, 0.2) is 59.8 Å². The molecular formula is C32H41N3O4Si. The SMILES string of the molecule is CC(C)(O)c1ccc(Cc2cc3c(=O)n([C@H]4CCOC[C@@H]4O[Si](C)(C)C(C)(C)C)cnc3c3ccccc23)cn1. The fourth-order valence-electron chi connectivity index (χ4n) is 5.23. The summed E-state index contributed by atoms with van der Waals surface area (Å²) in [6.07, 6.45) is 4.61. The molecule has 0 saturated carbocycles. The minimum atomic E-state index is -2.08. The molecular weight excluding hydrogens is 518 g/mol. The summed E-state index contributed by atoms with van der Waals surface area (Å²) in [6, 6.07) is 13.8. The minimum absolute atomic E-state index is 0.0510. The molecule has 1 saturated heterocycles. The number of aromatic nitrogens is 3. The predicted molar refractivity (Wildman–Crippen MR) is 162 cm³/mol. The lowest BCUT2D eigenvalue weighted by Gasteiger charge is -2.43. The van der Waals surface area contributed by atoms with Crippen molar-refractivity contribution in [1.29, 1.82) is 0 Å². The van der Waals surface area contributed by atoms with E-state index in [0.29, 0.717) is 42.7 Å². The van der Waals surface area contributed by atoms with Crippen molar-refractivity contribution in [1.82, 2.24) is 14.5 Å². The van der Waals surface area contributed by atoms with E-state index in [-0.39, 0.29) is 22.7 Å². The van der Waals surface area contributed by atoms with E-state index in [1.165, 1.54) is 0 Å². The van der Waals surface area contributed by atoms with Crippen molar-refractivity contribution in [3.63, 3.8) is 0 Å². The molecule has 0 amide bonds. The van der Waals surface area contributed by atoms with Crippen LogP contribution in [0.25, 0.3) is 21.7 Å². The highest BCUT2D eigenvalue weighted by Gasteiger charge is 2.42. The average Bonchev–Trinajstić information content (AvgIpc) is 2.89. The number of rotatable bonds is 6. The maximum atomic E-state index is 14.1. The summed E-state index contributed by atoms with van der Waals surface area (Å²) in [5.74, 6) is 0. The smallest absolute Gasteiger partial charge is 0.261 e. The van der Waals surface area contributed by atoms with Crippen molar-refractivity contribution in [3.05, 3.63) is 82.2 Å². The van der Waals surface area contributed by atoms with E-state index in [1.807, 2.05) is 36.4 Å². The molecule has 40 heavy (non-hydrogen) atoms. The molecule has 1 aliphatic heterocycles. The number of aliphatic hydroxyl groups is 1. The van der Waals surface area contributed by atoms with Gasteiger partial charge < -0.3 is 14.3 Å². The van der Waals surface area contributed by atoms with Crippen molar-refractivity contribution in [2.24, 2.45) is 0 Å². The van der Waals surface area contributed by atoms with Crippen molar-refractivity contribution in [3.8, 4) is 0 Å². The first-order chi connectivity index (χ1) is 18.8. The second kappa shape index (κ2) is 10.5. The van der Waals surface area contributed by atoms with Gasteiger partial charge in [-0.15, -0.1) is 0 Å². The lowest BCUT2D eigenvalue weighted by atomic mass is 9.95. The molecule has 0 radical (unpaired) electrons. The fraction of sp³-hybridized carbons (Fsp3) is 0.469. The molecule has 0 spiro atoms. The molecule has 1 fully saturated rings. The Hall–Kier alpha value is -2.91. The summed E-state index contributed by atoms with van der Waals surface area (Å²) in [6.45, 7) is 15.7. The van der Waals surface area contributed by atoms with Crippen LogP contribution in [0.5, 0.6) is 0 Å². The van der Waals surface area contributed by atoms with E-state index in [4.69, 9.17) is 14.1 Å². The fourth-order valence-corrected chi connectivity index (χ4v) is 6.56. The van der Waals surface area contributed by atoms with Crippen molar-refractivity contribution in [2.75, 3.05) is 13.2 Å². The van der Waals surface area contributed by atoms with Gasteiger partial charge in [0.25, 0.3) is 5.56 Å². The maximum Gasteiger partial charge on any atom is 0.261 e. The van der Waals surface area contributed by atoms with Crippen LogP contribution in [0.3, 0.4) is 0 Å². The standard InChI is InChI=1S/C32H41N3O4Si/c1-31(2,3)40(6,7)39-27-19-38-15-14-26(27)35-20-34-29-24-11-9-8-10-23(24)22(17-25(29)30(35)36)16-21-12-13-28(33-18-21)32(4,5)37/h8-13,17-18,20,26-27,37H,14-16,19H2,1-7H3/t26-,27-/m0/s1. The first kappa shape index (κ1) is 28.6. The maximum absolute atomic E-state index is 14.1. The van der Waals surface area contributed by atoms with Gasteiger partial charge in [0.2, 0.25) is 0 Å². The third-order valence-electron chi connectivity index (χ3n) is 8.60. The zero-order valence-electron chi connectivity index (χ0n) is 24.7. The largest absolute Gasteiger partial charge is 0.409 e. The summed E-state index contributed by atoms with van der Waals surface area (Å²) in [5, 5.41) is 13.0. The Morgan fingerprint density at radius 1 is 1.05 bits per heavy atom.